The Hall–Kier alpha value is -1.85. The summed E-state index contributed by atoms with van der Waals surface area (Å²) in [4.78, 5) is 4.37. The van der Waals surface area contributed by atoms with Gasteiger partial charge in [-0.2, -0.15) is 0 Å². The van der Waals surface area contributed by atoms with E-state index in [1.807, 2.05) is 31.2 Å². The van der Waals surface area contributed by atoms with Crippen molar-refractivity contribution in [3.8, 4) is 12.3 Å². The van der Waals surface area contributed by atoms with Crippen molar-refractivity contribution in [3.63, 3.8) is 0 Å². The molecule has 1 aromatic carbocycles. The molecule has 74 valence electrons. The van der Waals surface area contributed by atoms with Crippen molar-refractivity contribution >= 4 is 10.9 Å². The first-order valence-electron chi connectivity index (χ1n) is 4.72. The smallest absolute Gasteiger partial charge is 0.140 e. The largest absolute Gasteiger partial charge is 0.376 e. The zero-order chi connectivity index (χ0) is 10.8. The Morgan fingerprint density at radius 2 is 2.13 bits per heavy atom. The number of hydrogen-bond donors (Lipinski definition) is 1. The van der Waals surface area contributed by atoms with Crippen LogP contribution in [0, 0.1) is 19.3 Å². The molecule has 0 saturated carbocycles. The number of hydrogen-bond acceptors (Lipinski definition) is 2. The van der Waals surface area contributed by atoms with Crippen molar-refractivity contribution in [2.75, 3.05) is 0 Å². The summed E-state index contributed by atoms with van der Waals surface area (Å²) in [5, 5.41) is 10.5. The molecule has 2 aromatic rings. The molecule has 1 aromatic heterocycles. The van der Waals surface area contributed by atoms with Crippen LogP contribution in [0.5, 0.6) is 0 Å². The maximum Gasteiger partial charge on any atom is 0.140 e. The summed E-state index contributed by atoms with van der Waals surface area (Å²) >= 11 is 0. The Bertz CT molecular complexity index is 540. The summed E-state index contributed by atoms with van der Waals surface area (Å²) in [6.07, 6.45) is 4.32. The van der Waals surface area contributed by atoms with Crippen LogP contribution in [0.1, 0.15) is 17.4 Å². The minimum Gasteiger partial charge on any atom is -0.376 e. The lowest BCUT2D eigenvalue weighted by molar-refractivity contribution is 0.239. The van der Waals surface area contributed by atoms with E-state index < -0.39 is 6.10 Å². The number of benzene rings is 1. The third-order valence-electron chi connectivity index (χ3n) is 2.33. The van der Waals surface area contributed by atoms with Gasteiger partial charge in [-0.15, -0.1) is 6.42 Å². The molecular formula is C13H11NO. The van der Waals surface area contributed by atoms with Crippen molar-refractivity contribution in [3.05, 3.63) is 41.6 Å². The average Bonchev–Trinajstić information content (AvgIpc) is 2.27. The molecule has 1 unspecified atom stereocenters. The van der Waals surface area contributed by atoms with Crippen molar-refractivity contribution in [1.82, 2.24) is 4.98 Å². The predicted octanol–water partition coefficient (Wildman–Crippen LogP) is 2.21. The van der Waals surface area contributed by atoms with Gasteiger partial charge in [0, 0.05) is 11.1 Å². The van der Waals surface area contributed by atoms with Crippen molar-refractivity contribution in [2.24, 2.45) is 0 Å². The van der Waals surface area contributed by atoms with E-state index in [2.05, 4.69) is 10.9 Å². The lowest BCUT2D eigenvalue weighted by Crippen LogP contribution is -1.93. The van der Waals surface area contributed by atoms with E-state index in [0.29, 0.717) is 0 Å². The SMILES string of the molecule is C#CC(O)c1ccc2nc(C)ccc2c1. The molecule has 0 spiro atoms. The van der Waals surface area contributed by atoms with Gasteiger partial charge in [0.15, 0.2) is 0 Å². The molecule has 0 saturated heterocycles. The number of terminal acetylenes is 1. The molecule has 2 nitrogen and oxygen atoms in total. The zero-order valence-corrected chi connectivity index (χ0v) is 8.44. The van der Waals surface area contributed by atoms with E-state index in [1.54, 1.807) is 6.07 Å². The quantitative estimate of drug-likeness (QED) is 0.711. The third kappa shape index (κ3) is 1.83. The fourth-order valence-corrected chi connectivity index (χ4v) is 1.51. The molecule has 0 amide bonds. The van der Waals surface area contributed by atoms with Gasteiger partial charge >= 0.3 is 0 Å². The molecule has 1 heterocycles. The maximum absolute atomic E-state index is 9.49. The third-order valence-corrected chi connectivity index (χ3v) is 2.33. The van der Waals surface area contributed by atoms with Crippen LogP contribution >= 0.6 is 0 Å². The van der Waals surface area contributed by atoms with Gasteiger partial charge in [-0.25, -0.2) is 0 Å². The molecule has 0 aliphatic carbocycles. The number of aliphatic hydroxyl groups is 1. The summed E-state index contributed by atoms with van der Waals surface area (Å²) in [7, 11) is 0. The predicted molar refractivity (Wildman–Crippen MR) is 60.3 cm³/mol. The fraction of sp³-hybridized carbons (Fsp3) is 0.154. The molecule has 2 heteroatoms. The van der Waals surface area contributed by atoms with E-state index in [0.717, 1.165) is 22.2 Å². The highest BCUT2D eigenvalue weighted by Crippen LogP contribution is 2.19. The summed E-state index contributed by atoms with van der Waals surface area (Å²) in [5.41, 5.74) is 2.63. The second-order valence-corrected chi connectivity index (χ2v) is 3.47. The molecule has 0 radical (unpaired) electrons. The number of rotatable bonds is 1. The topological polar surface area (TPSA) is 33.1 Å². The Labute approximate surface area is 88.6 Å². The van der Waals surface area contributed by atoms with Gasteiger partial charge in [0.05, 0.1) is 5.52 Å². The van der Waals surface area contributed by atoms with Crippen LogP contribution in [0.3, 0.4) is 0 Å². The molecule has 0 aliphatic rings. The average molecular weight is 197 g/mol. The van der Waals surface area contributed by atoms with Crippen LogP contribution in [0.2, 0.25) is 0 Å². The van der Waals surface area contributed by atoms with Crippen molar-refractivity contribution in [1.29, 1.82) is 0 Å². The fourth-order valence-electron chi connectivity index (χ4n) is 1.51. The monoisotopic (exact) mass is 197 g/mol. The number of aliphatic hydroxyl groups excluding tert-OH is 1. The number of pyridine rings is 1. The molecule has 1 atom stereocenters. The lowest BCUT2D eigenvalue weighted by Gasteiger charge is -2.05. The molecule has 0 aliphatic heterocycles. The highest BCUT2D eigenvalue weighted by atomic mass is 16.3. The molecule has 0 bridgehead atoms. The normalized spacial score (nSPS) is 12.3. The molecule has 1 N–H and O–H groups in total. The summed E-state index contributed by atoms with van der Waals surface area (Å²) in [5.74, 6) is 2.29. The number of fused-ring (bicyclic) bond motifs is 1. The van der Waals surface area contributed by atoms with Crippen LogP contribution in [0.25, 0.3) is 10.9 Å². The van der Waals surface area contributed by atoms with E-state index in [9.17, 15) is 5.11 Å². The van der Waals surface area contributed by atoms with Crippen LogP contribution in [-0.2, 0) is 0 Å². The van der Waals surface area contributed by atoms with E-state index in [1.165, 1.54) is 0 Å². The van der Waals surface area contributed by atoms with Gasteiger partial charge in [-0.1, -0.05) is 18.1 Å². The second-order valence-electron chi connectivity index (χ2n) is 3.47. The van der Waals surface area contributed by atoms with Crippen LogP contribution < -0.4 is 0 Å². The first kappa shape index (κ1) is 9.70. The lowest BCUT2D eigenvalue weighted by atomic mass is 10.1. The van der Waals surface area contributed by atoms with E-state index >= 15 is 0 Å². The first-order chi connectivity index (χ1) is 7.20. The summed E-state index contributed by atoms with van der Waals surface area (Å²) < 4.78 is 0. The van der Waals surface area contributed by atoms with Gasteiger partial charge in [-0.3, -0.25) is 4.98 Å². The first-order valence-corrected chi connectivity index (χ1v) is 4.72. The Morgan fingerprint density at radius 1 is 1.33 bits per heavy atom. The van der Waals surface area contributed by atoms with Crippen molar-refractivity contribution in [2.45, 2.75) is 13.0 Å². The van der Waals surface area contributed by atoms with Crippen LogP contribution in [-0.4, -0.2) is 10.1 Å². The number of aromatic nitrogens is 1. The minimum absolute atomic E-state index is 0.732. The second kappa shape index (κ2) is 3.72. The zero-order valence-electron chi connectivity index (χ0n) is 8.44. The standard InChI is InChI=1S/C13H11NO/c1-3-13(15)11-6-7-12-10(8-11)5-4-9(2)14-12/h1,4-8,13,15H,2H3. The Morgan fingerprint density at radius 3 is 2.87 bits per heavy atom. The van der Waals surface area contributed by atoms with Gasteiger partial charge in [0.2, 0.25) is 0 Å². The number of nitrogens with zero attached hydrogens (tertiary/aromatic N) is 1. The van der Waals surface area contributed by atoms with Crippen LogP contribution in [0.4, 0.5) is 0 Å². The van der Waals surface area contributed by atoms with Crippen LogP contribution in [0.15, 0.2) is 30.3 Å². The number of aryl methyl sites for hydroxylation is 1. The molecular weight excluding hydrogens is 186 g/mol. The van der Waals surface area contributed by atoms with Gasteiger partial charge in [0.1, 0.15) is 6.10 Å². The van der Waals surface area contributed by atoms with Gasteiger partial charge in [0.25, 0.3) is 0 Å². The molecule has 0 fully saturated rings. The van der Waals surface area contributed by atoms with E-state index in [-0.39, 0.29) is 0 Å². The van der Waals surface area contributed by atoms with E-state index in [4.69, 9.17) is 6.42 Å². The molecule has 15 heavy (non-hydrogen) atoms. The highest BCUT2D eigenvalue weighted by Gasteiger charge is 2.04. The van der Waals surface area contributed by atoms with Gasteiger partial charge < -0.3 is 5.11 Å². The molecule has 2 rings (SSSR count). The van der Waals surface area contributed by atoms with Crippen molar-refractivity contribution < 1.29 is 5.11 Å². The maximum atomic E-state index is 9.49. The Balaban J connectivity index is 2.58. The Kier molecular flexibility index (Phi) is 2.40. The minimum atomic E-state index is -0.837. The highest BCUT2D eigenvalue weighted by molar-refractivity contribution is 5.79. The van der Waals surface area contributed by atoms with Gasteiger partial charge in [-0.05, 0) is 30.7 Å². The summed E-state index contributed by atoms with van der Waals surface area (Å²) in [6.45, 7) is 1.95. The summed E-state index contributed by atoms with van der Waals surface area (Å²) in [6, 6.07) is 9.46.